The topological polar surface area (TPSA) is 99.9 Å². The van der Waals surface area contributed by atoms with Gasteiger partial charge in [-0.1, -0.05) is 49.7 Å². The quantitative estimate of drug-likeness (QED) is 0.380. The van der Waals surface area contributed by atoms with Gasteiger partial charge in [0.25, 0.3) is 5.91 Å². The highest BCUT2D eigenvalue weighted by molar-refractivity contribution is 5.95. The van der Waals surface area contributed by atoms with Crippen LogP contribution in [0.15, 0.2) is 54.6 Å². The third kappa shape index (κ3) is 6.18. The standard InChI is InChI=1S/C27H31N3O5/c1-3-4-17-30-24(31)15-14-22(26(30)21-12-8-9-13-23(21)34-2)27(33)35-19-25(32)29(18-16-28)20-10-6-5-7-11-20/h5-13,22,26H,3-4,14-15,17-19H2,1-2H3. The fourth-order valence-corrected chi connectivity index (χ4v) is 4.41. The highest BCUT2D eigenvalue weighted by Crippen LogP contribution is 2.41. The average Bonchev–Trinajstić information content (AvgIpc) is 2.89. The molecule has 0 aliphatic carbocycles. The van der Waals surface area contributed by atoms with Crippen molar-refractivity contribution in [3.8, 4) is 11.8 Å². The third-order valence-electron chi connectivity index (χ3n) is 6.16. The van der Waals surface area contributed by atoms with Gasteiger partial charge in [-0.3, -0.25) is 19.3 Å². The number of ether oxygens (including phenoxy) is 2. The van der Waals surface area contributed by atoms with Crippen molar-refractivity contribution in [2.75, 3.05) is 31.7 Å². The molecular formula is C27H31N3O5. The number of nitriles is 1. The molecule has 1 saturated heterocycles. The molecular weight excluding hydrogens is 446 g/mol. The summed E-state index contributed by atoms with van der Waals surface area (Å²) in [5, 5.41) is 9.16. The summed E-state index contributed by atoms with van der Waals surface area (Å²) in [5.74, 6) is -1.11. The predicted octanol–water partition coefficient (Wildman–Crippen LogP) is 3.87. The van der Waals surface area contributed by atoms with Crippen molar-refractivity contribution in [3.05, 3.63) is 60.2 Å². The Kier molecular flexibility index (Phi) is 9.24. The van der Waals surface area contributed by atoms with E-state index in [9.17, 15) is 14.4 Å². The Labute approximate surface area is 206 Å². The molecule has 2 amide bonds. The lowest BCUT2D eigenvalue weighted by Gasteiger charge is -2.41. The Balaban J connectivity index is 1.82. The molecule has 0 saturated carbocycles. The van der Waals surface area contributed by atoms with Crippen LogP contribution in [-0.4, -0.2) is 49.5 Å². The molecule has 35 heavy (non-hydrogen) atoms. The first-order valence-electron chi connectivity index (χ1n) is 11.8. The van der Waals surface area contributed by atoms with Crippen LogP contribution in [0.1, 0.15) is 44.2 Å². The highest BCUT2D eigenvalue weighted by atomic mass is 16.5. The molecule has 8 heteroatoms. The van der Waals surface area contributed by atoms with E-state index in [-0.39, 0.29) is 18.9 Å². The Bertz CT molecular complexity index is 1070. The molecule has 2 atom stereocenters. The highest BCUT2D eigenvalue weighted by Gasteiger charge is 2.42. The number of carbonyl (C=O) groups is 3. The first-order chi connectivity index (χ1) is 17.0. The summed E-state index contributed by atoms with van der Waals surface area (Å²) < 4.78 is 11.0. The van der Waals surface area contributed by atoms with E-state index in [1.807, 2.05) is 37.3 Å². The zero-order chi connectivity index (χ0) is 25.2. The molecule has 2 aromatic rings. The Morgan fingerprint density at radius 1 is 1.14 bits per heavy atom. The second-order valence-corrected chi connectivity index (χ2v) is 8.35. The van der Waals surface area contributed by atoms with Gasteiger partial charge in [-0.15, -0.1) is 0 Å². The van der Waals surface area contributed by atoms with E-state index in [1.165, 1.54) is 4.90 Å². The van der Waals surface area contributed by atoms with Crippen LogP contribution in [0.3, 0.4) is 0 Å². The van der Waals surface area contributed by atoms with E-state index >= 15 is 0 Å². The summed E-state index contributed by atoms with van der Waals surface area (Å²) in [6, 6.07) is 17.5. The zero-order valence-corrected chi connectivity index (χ0v) is 20.2. The minimum absolute atomic E-state index is 0.0150. The number of carbonyl (C=O) groups excluding carboxylic acids is 3. The summed E-state index contributed by atoms with van der Waals surface area (Å²) in [6.45, 7) is 1.91. The molecule has 8 nitrogen and oxygen atoms in total. The van der Waals surface area contributed by atoms with Crippen molar-refractivity contribution < 1.29 is 23.9 Å². The maximum atomic E-state index is 13.3. The van der Waals surface area contributed by atoms with Crippen molar-refractivity contribution in [2.45, 2.75) is 38.6 Å². The van der Waals surface area contributed by atoms with Crippen molar-refractivity contribution >= 4 is 23.5 Å². The molecule has 1 aliphatic rings. The second kappa shape index (κ2) is 12.6. The fourth-order valence-electron chi connectivity index (χ4n) is 4.41. The van der Waals surface area contributed by atoms with Crippen LogP contribution < -0.4 is 9.64 Å². The first-order valence-corrected chi connectivity index (χ1v) is 11.8. The molecule has 0 radical (unpaired) electrons. The van der Waals surface area contributed by atoms with Crippen LogP contribution in [0.4, 0.5) is 5.69 Å². The van der Waals surface area contributed by atoms with Crippen molar-refractivity contribution in [3.63, 3.8) is 0 Å². The van der Waals surface area contributed by atoms with Crippen LogP contribution >= 0.6 is 0 Å². The van der Waals surface area contributed by atoms with E-state index in [4.69, 9.17) is 14.7 Å². The number of esters is 1. The lowest BCUT2D eigenvalue weighted by molar-refractivity contribution is -0.159. The lowest BCUT2D eigenvalue weighted by Crippen LogP contribution is -2.46. The summed E-state index contributed by atoms with van der Waals surface area (Å²) in [5.41, 5.74) is 1.29. The van der Waals surface area contributed by atoms with Gasteiger partial charge in [0.2, 0.25) is 5.91 Å². The summed E-state index contributed by atoms with van der Waals surface area (Å²) >= 11 is 0. The Hall–Kier alpha value is -3.86. The fraction of sp³-hybridized carbons (Fsp3) is 0.407. The molecule has 3 rings (SSSR count). The summed E-state index contributed by atoms with van der Waals surface area (Å²) in [7, 11) is 1.55. The van der Waals surface area contributed by atoms with Crippen molar-refractivity contribution in [1.29, 1.82) is 5.26 Å². The number of hydrogen-bond donors (Lipinski definition) is 0. The van der Waals surface area contributed by atoms with Crippen LogP contribution in [0.2, 0.25) is 0 Å². The second-order valence-electron chi connectivity index (χ2n) is 8.35. The van der Waals surface area contributed by atoms with E-state index in [0.29, 0.717) is 24.4 Å². The van der Waals surface area contributed by atoms with Crippen molar-refractivity contribution in [1.82, 2.24) is 4.90 Å². The number of anilines is 1. The van der Waals surface area contributed by atoms with Gasteiger partial charge < -0.3 is 14.4 Å². The molecule has 1 heterocycles. The molecule has 1 aliphatic heterocycles. The number of benzene rings is 2. The first kappa shape index (κ1) is 25.8. The number of methoxy groups -OCH3 is 1. The number of rotatable bonds is 10. The number of hydrogen-bond acceptors (Lipinski definition) is 6. The molecule has 0 spiro atoms. The smallest absolute Gasteiger partial charge is 0.311 e. The van der Waals surface area contributed by atoms with Gasteiger partial charge in [0, 0.05) is 24.2 Å². The summed E-state index contributed by atoms with van der Waals surface area (Å²) in [4.78, 5) is 42.0. The van der Waals surface area contributed by atoms with E-state index < -0.39 is 30.4 Å². The SMILES string of the molecule is CCCCN1C(=O)CCC(C(=O)OCC(=O)N(CC#N)c2ccccc2)C1c1ccccc1OC. The lowest BCUT2D eigenvalue weighted by atomic mass is 9.83. The number of unbranched alkanes of at least 4 members (excludes halogenated alkanes) is 1. The van der Waals surface area contributed by atoms with Crippen molar-refractivity contribution in [2.24, 2.45) is 5.92 Å². The minimum Gasteiger partial charge on any atom is -0.496 e. The van der Waals surface area contributed by atoms with E-state index in [2.05, 4.69) is 0 Å². The van der Waals surface area contributed by atoms with Gasteiger partial charge in [-0.25, -0.2) is 0 Å². The van der Waals surface area contributed by atoms with E-state index in [0.717, 1.165) is 18.4 Å². The van der Waals surface area contributed by atoms with Gasteiger partial charge >= 0.3 is 5.97 Å². The minimum atomic E-state index is -0.644. The van der Waals surface area contributed by atoms with E-state index in [1.54, 1.807) is 42.3 Å². The molecule has 2 aromatic carbocycles. The number of nitrogens with zero attached hydrogens (tertiary/aromatic N) is 3. The summed E-state index contributed by atoms with van der Waals surface area (Å²) in [6.07, 6.45) is 2.25. The van der Waals surface area contributed by atoms with Gasteiger partial charge in [-0.2, -0.15) is 5.26 Å². The Morgan fingerprint density at radius 2 is 1.86 bits per heavy atom. The largest absolute Gasteiger partial charge is 0.496 e. The van der Waals surface area contributed by atoms with Crippen LogP contribution in [0.25, 0.3) is 0 Å². The van der Waals surface area contributed by atoms with Crippen LogP contribution in [0, 0.1) is 17.2 Å². The molecule has 0 N–H and O–H groups in total. The third-order valence-corrected chi connectivity index (χ3v) is 6.16. The number of amides is 2. The van der Waals surface area contributed by atoms with Crippen LogP contribution in [0.5, 0.6) is 5.75 Å². The normalized spacial score (nSPS) is 17.4. The number of para-hydroxylation sites is 2. The van der Waals surface area contributed by atoms with Gasteiger partial charge in [0.05, 0.1) is 25.1 Å². The zero-order valence-electron chi connectivity index (χ0n) is 20.2. The number of likely N-dealkylation sites (tertiary alicyclic amines) is 1. The molecule has 0 bridgehead atoms. The van der Waals surface area contributed by atoms with Gasteiger partial charge in [0.1, 0.15) is 12.3 Å². The van der Waals surface area contributed by atoms with Gasteiger partial charge in [-0.05, 0) is 31.0 Å². The Morgan fingerprint density at radius 3 is 2.54 bits per heavy atom. The predicted molar refractivity (Wildman–Crippen MR) is 130 cm³/mol. The maximum absolute atomic E-state index is 13.3. The molecule has 1 fully saturated rings. The maximum Gasteiger partial charge on any atom is 0.311 e. The monoisotopic (exact) mass is 477 g/mol. The number of piperidine rings is 1. The molecule has 0 aromatic heterocycles. The average molecular weight is 478 g/mol. The molecule has 184 valence electrons. The van der Waals surface area contributed by atoms with Crippen LogP contribution in [-0.2, 0) is 19.1 Å². The molecule has 2 unspecified atom stereocenters. The van der Waals surface area contributed by atoms with Gasteiger partial charge in [0.15, 0.2) is 6.61 Å².